The number of nitrogens with zero attached hydrogens (tertiary/aromatic N) is 3. The number of halogens is 2. The lowest BCUT2D eigenvalue weighted by atomic mass is 9.89. The van der Waals surface area contributed by atoms with Crippen LogP contribution in [-0.4, -0.2) is 63.1 Å². The fourth-order valence-corrected chi connectivity index (χ4v) is 5.85. The zero-order chi connectivity index (χ0) is 30.1. The number of amidine groups is 1. The molecule has 0 unspecified atom stereocenters. The van der Waals surface area contributed by atoms with Gasteiger partial charge < -0.3 is 19.9 Å². The van der Waals surface area contributed by atoms with Crippen LogP contribution in [0.2, 0.25) is 0 Å². The summed E-state index contributed by atoms with van der Waals surface area (Å²) in [5.74, 6) is -0.920. The smallest absolute Gasteiger partial charge is 0.257 e. The molecular weight excluding hydrogens is 522 g/mol. The van der Waals surface area contributed by atoms with Crippen LogP contribution in [0.4, 0.5) is 14.5 Å². The molecule has 6 nitrogen and oxygen atoms in total. The number of hydrogen-bond acceptors (Lipinski definition) is 5. The van der Waals surface area contributed by atoms with E-state index >= 15 is 0 Å². The van der Waals surface area contributed by atoms with E-state index in [9.17, 15) is 14.9 Å². The number of piperazine rings is 1. The summed E-state index contributed by atoms with van der Waals surface area (Å²) >= 11 is 0. The standard InChI is InChI=1S/C33H36F2N4O2/c1-38-8-10-39(11-9-38)29-4-5-30(26(19-29)15-22-6-12-41-13-7-22)33(40)37-32-31-18-23(2-3-25(31)21-36-32)14-24-16-27(34)20-28(35)17-24/h2-5,16-20,22H,6-15,21H2,1H3,(H,36,37,40)/i4D,19D. The van der Waals surface area contributed by atoms with Crippen LogP contribution < -0.4 is 10.2 Å². The van der Waals surface area contributed by atoms with E-state index in [4.69, 9.17) is 6.11 Å². The van der Waals surface area contributed by atoms with Crippen molar-refractivity contribution >= 4 is 17.4 Å². The average Bonchev–Trinajstić information content (AvgIpc) is 3.37. The van der Waals surface area contributed by atoms with Crippen LogP contribution in [0.5, 0.6) is 0 Å². The molecule has 0 spiro atoms. The van der Waals surface area contributed by atoms with Crippen molar-refractivity contribution in [2.24, 2.45) is 10.9 Å². The van der Waals surface area contributed by atoms with E-state index < -0.39 is 17.5 Å². The summed E-state index contributed by atoms with van der Waals surface area (Å²) in [5, 5.41) is 2.98. The maximum Gasteiger partial charge on any atom is 0.257 e. The Bertz CT molecular complexity index is 1550. The van der Waals surface area contributed by atoms with Gasteiger partial charge in [0.25, 0.3) is 5.91 Å². The number of carbonyl (C=O) groups is 1. The third-order valence-corrected chi connectivity index (χ3v) is 8.24. The van der Waals surface area contributed by atoms with Crippen LogP contribution in [-0.2, 0) is 24.1 Å². The highest BCUT2D eigenvalue weighted by molar-refractivity contribution is 6.14. The molecule has 41 heavy (non-hydrogen) atoms. The van der Waals surface area contributed by atoms with Crippen LogP contribution in [0.15, 0.2) is 59.5 Å². The molecule has 1 amide bonds. The molecule has 3 heterocycles. The topological polar surface area (TPSA) is 57.2 Å². The lowest BCUT2D eigenvalue weighted by molar-refractivity contribution is 0.0664. The summed E-state index contributed by atoms with van der Waals surface area (Å²) in [6, 6.07) is 11.3. The van der Waals surface area contributed by atoms with Crippen molar-refractivity contribution in [3.8, 4) is 0 Å². The van der Waals surface area contributed by atoms with Crippen molar-refractivity contribution in [1.29, 1.82) is 0 Å². The molecular formula is C33H36F2N4O2. The fourth-order valence-electron chi connectivity index (χ4n) is 5.85. The normalized spacial score (nSPS) is 18.5. The molecule has 2 fully saturated rings. The molecule has 0 bridgehead atoms. The number of fused-ring (bicyclic) bond motifs is 1. The first-order chi connectivity index (χ1) is 20.7. The molecule has 0 aromatic heterocycles. The van der Waals surface area contributed by atoms with Crippen molar-refractivity contribution in [3.63, 3.8) is 0 Å². The fraction of sp³-hybridized carbons (Fsp3) is 0.394. The predicted molar refractivity (Wildman–Crippen MR) is 157 cm³/mol. The van der Waals surface area contributed by atoms with E-state index in [2.05, 4.69) is 27.2 Å². The van der Waals surface area contributed by atoms with Crippen LogP contribution in [0.3, 0.4) is 0 Å². The Morgan fingerprint density at radius 1 is 1.05 bits per heavy atom. The predicted octanol–water partition coefficient (Wildman–Crippen LogP) is 4.97. The molecule has 0 radical (unpaired) electrons. The lowest BCUT2D eigenvalue weighted by Crippen LogP contribution is -2.44. The van der Waals surface area contributed by atoms with Gasteiger partial charge in [0.15, 0.2) is 0 Å². The summed E-state index contributed by atoms with van der Waals surface area (Å²) in [6.45, 7) is 4.91. The van der Waals surface area contributed by atoms with Gasteiger partial charge in [-0.2, -0.15) is 0 Å². The molecule has 214 valence electrons. The van der Waals surface area contributed by atoms with E-state index in [-0.39, 0.29) is 12.1 Å². The summed E-state index contributed by atoms with van der Waals surface area (Å²) in [4.78, 5) is 22.8. The van der Waals surface area contributed by atoms with E-state index in [1.165, 1.54) is 12.1 Å². The van der Waals surface area contributed by atoms with E-state index in [0.29, 0.717) is 66.7 Å². The van der Waals surface area contributed by atoms with Crippen LogP contribution in [0.1, 0.15) is 53.8 Å². The highest BCUT2D eigenvalue weighted by Gasteiger charge is 2.24. The Labute approximate surface area is 242 Å². The van der Waals surface area contributed by atoms with Crippen LogP contribution >= 0.6 is 0 Å². The van der Waals surface area contributed by atoms with Gasteiger partial charge in [0.2, 0.25) is 0 Å². The molecule has 0 aliphatic carbocycles. The second-order valence-corrected chi connectivity index (χ2v) is 11.3. The van der Waals surface area contributed by atoms with E-state index in [1.54, 1.807) is 6.07 Å². The molecule has 3 aliphatic rings. The van der Waals surface area contributed by atoms with Gasteiger partial charge in [0.05, 0.1) is 9.29 Å². The second kappa shape index (κ2) is 12.1. The number of ether oxygens (including phenoxy) is 1. The molecule has 3 aliphatic heterocycles. The number of amides is 1. The maximum atomic E-state index is 13.9. The maximum absolute atomic E-state index is 13.9. The molecule has 6 rings (SSSR count). The summed E-state index contributed by atoms with van der Waals surface area (Å²) in [5.41, 5.74) is 4.65. The quantitative estimate of drug-likeness (QED) is 0.463. The monoisotopic (exact) mass is 560 g/mol. The Hall–Kier alpha value is -3.62. The Morgan fingerprint density at radius 2 is 1.80 bits per heavy atom. The van der Waals surface area contributed by atoms with Crippen molar-refractivity contribution in [1.82, 2.24) is 10.2 Å². The van der Waals surface area contributed by atoms with Crippen LogP contribution in [0.25, 0.3) is 0 Å². The summed E-state index contributed by atoms with van der Waals surface area (Å²) in [7, 11) is 2.07. The minimum absolute atomic E-state index is 0.175. The molecule has 2 saturated heterocycles. The van der Waals surface area contributed by atoms with E-state index in [0.717, 1.165) is 61.8 Å². The first-order valence-corrected chi connectivity index (χ1v) is 14.3. The highest BCUT2D eigenvalue weighted by Crippen LogP contribution is 2.28. The average molecular weight is 561 g/mol. The van der Waals surface area contributed by atoms with Gasteiger partial charge in [-0.25, -0.2) is 8.78 Å². The number of benzene rings is 3. The highest BCUT2D eigenvalue weighted by atomic mass is 19.1. The molecule has 1 N–H and O–H groups in total. The number of anilines is 1. The number of aliphatic imine (C=N–C) groups is 1. The van der Waals surface area contributed by atoms with Crippen molar-refractivity contribution in [2.75, 3.05) is 51.3 Å². The van der Waals surface area contributed by atoms with Crippen molar-refractivity contribution < 1.29 is 21.1 Å². The Kier molecular flexibility index (Phi) is 7.41. The lowest BCUT2D eigenvalue weighted by Gasteiger charge is -2.34. The molecule has 3 aromatic carbocycles. The van der Waals surface area contributed by atoms with Gasteiger partial charge in [-0.3, -0.25) is 9.79 Å². The zero-order valence-corrected chi connectivity index (χ0v) is 23.3. The van der Waals surface area contributed by atoms with Gasteiger partial charge in [-0.1, -0.05) is 12.1 Å². The third-order valence-electron chi connectivity index (χ3n) is 8.24. The second-order valence-electron chi connectivity index (χ2n) is 11.3. The van der Waals surface area contributed by atoms with Gasteiger partial charge in [0, 0.05) is 62.3 Å². The number of likely N-dealkylation sites (N-methyl/N-ethyl adjacent to an activating group) is 1. The van der Waals surface area contributed by atoms with Gasteiger partial charge in [-0.15, -0.1) is 0 Å². The van der Waals surface area contributed by atoms with Gasteiger partial charge in [0.1, 0.15) is 17.5 Å². The summed E-state index contributed by atoms with van der Waals surface area (Å²) in [6.07, 6.45) is 2.63. The number of nitrogens with one attached hydrogen (secondary N) is 1. The number of carbonyl (C=O) groups excluding carboxylic acids is 1. The summed E-state index contributed by atoms with van der Waals surface area (Å²) < 4.78 is 51.1. The van der Waals surface area contributed by atoms with Crippen molar-refractivity contribution in [2.45, 2.75) is 32.2 Å². The minimum atomic E-state index is -0.622. The Morgan fingerprint density at radius 3 is 2.56 bits per heavy atom. The number of hydrogen-bond donors (Lipinski definition) is 1. The molecule has 8 heteroatoms. The molecule has 0 atom stereocenters. The number of rotatable bonds is 6. The molecule has 3 aromatic rings. The molecule has 0 saturated carbocycles. The minimum Gasteiger partial charge on any atom is -0.381 e. The van der Waals surface area contributed by atoms with Crippen LogP contribution in [0, 0.1) is 17.6 Å². The van der Waals surface area contributed by atoms with E-state index in [1.807, 2.05) is 18.2 Å². The first kappa shape index (κ1) is 25.1. The Balaban J connectivity index is 1.28. The zero-order valence-electron chi connectivity index (χ0n) is 25.3. The first-order valence-electron chi connectivity index (χ1n) is 15.3. The van der Waals surface area contributed by atoms with Crippen molar-refractivity contribution in [3.05, 3.63) is 99.6 Å². The van der Waals surface area contributed by atoms with Gasteiger partial charge >= 0.3 is 0 Å². The van der Waals surface area contributed by atoms with Gasteiger partial charge in [-0.05, 0) is 97.3 Å². The third kappa shape index (κ3) is 6.49. The largest absolute Gasteiger partial charge is 0.381 e. The SMILES string of the molecule is [2H]c1cc(C(=O)NC2=NCc3ccc(Cc4cc(F)cc(F)c4)cc32)c(CC2CCOCC2)c([2H])c1N1CCN(C)CC1.